The second-order valence-electron chi connectivity index (χ2n) is 3.23. The summed E-state index contributed by atoms with van der Waals surface area (Å²) in [6.07, 6.45) is 3.06. The second kappa shape index (κ2) is 4.69. The Morgan fingerprint density at radius 2 is 2.07 bits per heavy atom. The van der Waals surface area contributed by atoms with Crippen molar-refractivity contribution in [3.63, 3.8) is 0 Å². The Balaban J connectivity index is 3.00. The first kappa shape index (κ1) is 10.6. The van der Waals surface area contributed by atoms with E-state index in [1.165, 1.54) is 6.20 Å². The van der Waals surface area contributed by atoms with Crippen LogP contribution < -0.4 is 0 Å². The van der Waals surface area contributed by atoms with E-state index >= 15 is 0 Å². The molecular formula is C10H14N2O2. The van der Waals surface area contributed by atoms with Crippen LogP contribution in [0.4, 0.5) is 0 Å². The van der Waals surface area contributed by atoms with E-state index in [1.807, 2.05) is 13.8 Å². The molecule has 1 aromatic rings. The van der Waals surface area contributed by atoms with Crippen LogP contribution >= 0.6 is 0 Å². The third-order valence-electron chi connectivity index (χ3n) is 1.88. The van der Waals surface area contributed by atoms with E-state index in [2.05, 4.69) is 10.2 Å². The first-order valence-electron chi connectivity index (χ1n) is 4.64. The molecule has 0 aliphatic rings. The van der Waals surface area contributed by atoms with E-state index in [4.69, 9.17) is 4.74 Å². The van der Waals surface area contributed by atoms with Crippen LogP contribution in [-0.2, 0) is 4.74 Å². The molecule has 4 heteroatoms. The third kappa shape index (κ3) is 2.28. The van der Waals surface area contributed by atoms with Crippen LogP contribution in [-0.4, -0.2) is 22.8 Å². The number of rotatable bonds is 3. The summed E-state index contributed by atoms with van der Waals surface area (Å²) in [7, 11) is 0. The van der Waals surface area contributed by atoms with Gasteiger partial charge in [0.15, 0.2) is 0 Å². The highest BCUT2D eigenvalue weighted by Crippen LogP contribution is 2.17. The zero-order valence-electron chi connectivity index (χ0n) is 8.65. The highest BCUT2D eigenvalue weighted by Gasteiger charge is 2.14. The van der Waals surface area contributed by atoms with Gasteiger partial charge in [0, 0.05) is 0 Å². The van der Waals surface area contributed by atoms with Crippen molar-refractivity contribution in [2.75, 3.05) is 6.61 Å². The summed E-state index contributed by atoms with van der Waals surface area (Å²) in [5.74, 6) is -0.0870. The van der Waals surface area contributed by atoms with Crippen molar-refractivity contribution in [2.24, 2.45) is 0 Å². The monoisotopic (exact) mass is 194 g/mol. The Morgan fingerprint density at radius 1 is 1.43 bits per heavy atom. The molecule has 0 atom stereocenters. The summed E-state index contributed by atoms with van der Waals surface area (Å²) in [5.41, 5.74) is 1.38. The van der Waals surface area contributed by atoms with Gasteiger partial charge in [-0.25, -0.2) is 4.79 Å². The van der Waals surface area contributed by atoms with Gasteiger partial charge >= 0.3 is 5.97 Å². The Morgan fingerprint density at radius 3 is 2.64 bits per heavy atom. The van der Waals surface area contributed by atoms with E-state index < -0.39 is 0 Å². The molecule has 0 aliphatic heterocycles. The number of hydrogen-bond donors (Lipinski definition) is 0. The molecule has 0 fully saturated rings. The number of hydrogen-bond acceptors (Lipinski definition) is 4. The number of aromatic nitrogens is 2. The lowest BCUT2D eigenvalue weighted by Crippen LogP contribution is -2.10. The van der Waals surface area contributed by atoms with Crippen molar-refractivity contribution >= 4 is 5.97 Å². The molecule has 0 aromatic carbocycles. The quantitative estimate of drug-likeness (QED) is 0.688. The molecule has 1 heterocycles. The molecule has 1 aromatic heterocycles. The zero-order valence-corrected chi connectivity index (χ0v) is 8.65. The molecule has 0 unspecified atom stereocenters. The van der Waals surface area contributed by atoms with E-state index in [1.54, 1.807) is 13.1 Å². The molecule has 1 rings (SSSR count). The van der Waals surface area contributed by atoms with Gasteiger partial charge in [-0.05, 0) is 18.4 Å². The van der Waals surface area contributed by atoms with Crippen molar-refractivity contribution in [1.29, 1.82) is 0 Å². The van der Waals surface area contributed by atoms with Crippen LogP contribution in [0.25, 0.3) is 0 Å². The van der Waals surface area contributed by atoms with Crippen molar-refractivity contribution < 1.29 is 9.53 Å². The predicted molar refractivity (Wildman–Crippen MR) is 52.1 cm³/mol. The SMILES string of the molecule is CCOC(=O)c1cnncc1C(C)C. The maximum absolute atomic E-state index is 11.5. The minimum atomic E-state index is -0.328. The van der Waals surface area contributed by atoms with Crippen LogP contribution in [0.2, 0.25) is 0 Å². The standard InChI is InChI=1S/C10H14N2O2/c1-4-14-10(13)9-6-12-11-5-8(9)7(2)3/h5-7H,4H2,1-3H3. The summed E-state index contributed by atoms with van der Waals surface area (Å²) in [6, 6.07) is 0. The number of carbonyl (C=O) groups excluding carboxylic acids is 1. The third-order valence-corrected chi connectivity index (χ3v) is 1.88. The lowest BCUT2D eigenvalue weighted by Gasteiger charge is -2.09. The van der Waals surface area contributed by atoms with Gasteiger partial charge in [-0.15, -0.1) is 0 Å². The van der Waals surface area contributed by atoms with Gasteiger partial charge in [0.25, 0.3) is 0 Å². The normalized spacial score (nSPS) is 10.3. The largest absolute Gasteiger partial charge is 0.462 e. The molecule has 14 heavy (non-hydrogen) atoms. The van der Waals surface area contributed by atoms with E-state index in [0.717, 1.165) is 5.56 Å². The molecule has 4 nitrogen and oxygen atoms in total. The summed E-state index contributed by atoms with van der Waals surface area (Å²) in [4.78, 5) is 11.5. The van der Waals surface area contributed by atoms with E-state index in [9.17, 15) is 4.79 Å². The average molecular weight is 194 g/mol. The minimum Gasteiger partial charge on any atom is -0.462 e. The van der Waals surface area contributed by atoms with Crippen molar-refractivity contribution in [3.05, 3.63) is 23.5 Å². The van der Waals surface area contributed by atoms with Gasteiger partial charge in [-0.3, -0.25) is 0 Å². The molecule has 76 valence electrons. The molecule has 0 bridgehead atoms. The summed E-state index contributed by atoms with van der Waals surface area (Å²) >= 11 is 0. The predicted octanol–water partition coefficient (Wildman–Crippen LogP) is 1.78. The molecule has 0 radical (unpaired) electrons. The fourth-order valence-corrected chi connectivity index (χ4v) is 1.17. The van der Waals surface area contributed by atoms with Crippen LogP contribution in [0, 0.1) is 0 Å². The van der Waals surface area contributed by atoms with Gasteiger partial charge in [0.2, 0.25) is 0 Å². The topological polar surface area (TPSA) is 52.1 Å². The molecule has 0 saturated carbocycles. The van der Waals surface area contributed by atoms with E-state index in [0.29, 0.717) is 12.2 Å². The Kier molecular flexibility index (Phi) is 3.56. The van der Waals surface area contributed by atoms with Gasteiger partial charge in [0.05, 0.1) is 24.6 Å². The minimum absolute atomic E-state index is 0.241. The Hall–Kier alpha value is -1.45. The smallest absolute Gasteiger partial charge is 0.340 e. The fraction of sp³-hybridized carbons (Fsp3) is 0.500. The maximum atomic E-state index is 11.5. The lowest BCUT2D eigenvalue weighted by atomic mass is 10.0. The van der Waals surface area contributed by atoms with E-state index in [-0.39, 0.29) is 11.9 Å². The lowest BCUT2D eigenvalue weighted by molar-refractivity contribution is 0.0524. The van der Waals surface area contributed by atoms with Crippen molar-refractivity contribution in [3.8, 4) is 0 Å². The number of ether oxygens (including phenoxy) is 1. The van der Waals surface area contributed by atoms with Gasteiger partial charge in [-0.1, -0.05) is 13.8 Å². The van der Waals surface area contributed by atoms with Crippen LogP contribution in [0.3, 0.4) is 0 Å². The highest BCUT2D eigenvalue weighted by molar-refractivity contribution is 5.90. The number of esters is 1. The molecule has 0 N–H and O–H groups in total. The van der Waals surface area contributed by atoms with Crippen LogP contribution in [0.15, 0.2) is 12.4 Å². The number of carbonyl (C=O) groups is 1. The zero-order chi connectivity index (χ0) is 10.6. The molecule has 0 saturated heterocycles. The van der Waals surface area contributed by atoms with Gasteiger partial charge in [-0.2, -0.15) is 10.2 Å². The summed E-state index contributed by atoms with van der Waals surface area (Å²) < 4.78 is 4.91. The summed E-state index contributed by atoms with van der Waals surface area (Å²) in [6.45, 7) is 6.15. The first-order chi connectivity index (χ1) is 6.66. The number of nitrogens with zero attached hydrogens (tertiary/aromatic N) is 2. The highest BCUT2D eigenvalue weighted by atomic mass is 16.5. The van der Waals surface area contributed by atoms with Gasteiger partial charge in [0.1, 0.15) is 0 Å². The fourth-order valence-electron chi connectivity index (χ4n) is 1.17. The Bertz CT molecular complexity index is 324. The van der Waals surface area contributed by atoms with Crippen molar-refractivity contribution in [1.82, 2.24) is 10.2 Å². The van der Waals surface area contributed by atoms with Crippen LogP contribution in [0.5, 0.6) is 0 Å². The molecule has 0 aliphatic carbocycles. The second-order valence-corrected chi connectivity index (χ2v) is 3.23. The molecule has 0 amide bonds. The average Bonchev–Trinajstić information content (AvgIpc) is 2.18. The van der Waals surface area contributed by atoms with Crippen LogP contribution in [0.1, 0.15) is 42.6 Å². The first-order valence-corrected chi connectivity index (χ1v) is 4.64. The Labute approximate surface area is 83.3 Å². The molecule has 0 spiro atoms. The van der Waals surface area contributed by atoms with Crippen molar-refractivity contribution in [2.45, 2.75) is 26.7 Å². The summed E-state index contributed by atoms with van der Waals surface area (Å²) in [5, 5.41) is 7.43. The molecular weight excluding hydrogens is 180 g/mol. The van der Waals surface area contributed by atoms with Gasteiger partial charge < -0.3 is 4.74 Å². The maximum Gasteiger partial charge on any atom is 0.340 e.